The Balaban J connectivity index is 1.96. The van der Waals surface area contributed by atoms with Crippen molar-refractivity contribution >= 4 is 5.69 Å². The molecule has 4 heteroatoms. The van der Waals surface area contributed by atoms with Gasteiger partial charge in [-0.1, -0.05) is 26.2 Å². The fourth-order valence-corrected chi connectivity index (χ4v) is 2.48. The number of aromatic nitrogens is 2. The van der Waals surface area contributed by atoms with Gasteiger partial charge in [0.05, 0.1) is 11.9 Å². The second-order valence-electron chi connectivity index (χ2n) is 4.62. The molecule has 1 aliphatic carbocycles. The van der Waals surface area contributed by atoms with Crippen LogP contribution in [0.2, 0.25) is 0 Å². The lowest BCUT2D eigenvalue weighted by molar-refractivity contribution is 0.327. The zero-order valence-corrected chi connectivity index (χ0v) is 9.70. The van der Waals surface area contributed by atoms with Crippen LogP contribution in [0.5, 0.6) is 0 Å². The largest absolute Gasteiger partial charge is 0.381 e. The first-order valence-electron chi connectivity index (χ1n) is 6.09. The van der Waals surface area contributed by atoms with Crippen molar-refractivity contribution in [1.82, 2.24) is 10.2 Å². The van der Waals surface area contributed by atoms with Gasteiger partial charge in [-0.2, -0.15) is 5.10 Å². The molecule has 4 nitrogen and oxygen atoms in total. The Labute approximate surface area is 95.5 Å². The predicted octanol–water partition coefficient (Wildman–Crippen LogP) is 2.15. The minimum atomic E-state index is -0.146. The first-order valence-corrected chi connectivity index (χ1v) is 6.09. The summed E-state index contributed by atoms with van der Waals surface area (Å²) in [5.74, 6) is 0.834. The van der Waals surface area contributed by atoms with Gasteiger partial charge >= 0.3 is 0 Å². The smallest absolute Gasteiger partial charge is 0.266 e. The number of H-pyrrole nitrogens is 1. The Morgan fingerprint density at radius 1 is 1.56 bits per heavy atom. The highest BCUT2D eigenvalue weighted by molar-refractivity contribution is 5.39. The van der Waals surface area contributed by atoms with E-state index < -0.39 is 0 Å². The van der Waals surface area contributed by atoms with Gasteiger partial charge in [-0.3, -0.25) is 4.79 Å². The van der Waals surface area contributed by atoms with Gasteiger partial charge < -0.3 is 5.32 Å². The molecule has 0 amide bonds. The molecular weight excluding hydrogens is 202 g/mol. The van der Waals surface area contributed by atoms with Crippen molar-refractivity contribution in [3.63, 3.8) is 0 Å². The van der Waals surface area contributed by atoms with Gasteiger partial charge in [-0.05, 0) is 18.8 Å². The normalized spacial score (nSPS) is 25.3. The summed E-state index contributed by atoms with van der Waals surface area (Å²) in [5, 5.41) is 9.58. The van der Waals surface area contributed by atoms with Crippen LogP contribution in [0.4, 0.5) is 5.69 Å². The number of aromatic amines is 1. The molecule has 1 aromatic rings. The van der Waals surface area contributed by atoms with E-state index in [1.807, 2.05) is 0 Å². The number of nitrogens with zero attached hydrogens (tertiary/aromatic N) is 1. The molecule has 0 bridgehead atoms. The van der Waals surface area contributed by atoms with Crippen molar-refractivity contribution in [2.45, 2.75) is 45.1 Å². The van der Waals surface area contributed by atoms with E-state index in [4.69, 9.17) is 0 Å². The van der Waals surface area contributed by atoms with Crippen LogP contribution in [0.1, 0.15) is 39.0 Å². The number of nitrogens with one attached hydrogen (secondary N) is 2. The van der Waals surface area contributed by atoms with Crippen LogP contribution in [0.3, 0.4) is 0 Å². The number of rotatable bonds is 3. The van der Waals surface area contributed by atoms with E-state index in [9.17, 15) is 4.79 Å². The van der Waals surface area contributed by atoms with Crippen molar-refractivity contribution in [1.29, 1.82) is 0 Å². The van der Waals surface area contributed by atoms with Crippen molar-refractivity contribution in [2.24, 2.45) is 5.92 Å². The van der Waals surface area contributed by atoms with Gasteiger partial charge in [0.2, 0.25) is 0 Å². The summed E-state index contributed by atoms with van der Waals surface area (Å²) < 4.78 is 0. The highest BCUT2D eigenvalue weighted by Gasteiger charge is 2.20. The summed E-state index contributed by atoms with van der Waals surface area (Å²) in [6, 6.07) is 2.07. The molecule has 0 saturated heterocycles. The monoisotopic (exact) mass is 221 g/mol. The lowest BCUT2D eigenvalue weighted by atomic mass is 9.84. The van der Waals surface area contributed by atoms with Crippen LogP contribution in [0.25, 0.3) is 0 Å². The SMILES string of the molecule is CCC1CCCC(Nc2cn[nH]c(=O)c2)C1. The van der Waals surface area contributed by atoms with E-state index in [0.717, 1.165) is 11.6 Å². The van der Waals surface area contributed by atoms with E-state index in [1.165, 1.54) is 32.1 Å². The first-order chi connectivity index (χ1) is 7.78. The Morgan fingerprint density at radius 3 is 3.19 bits per heavy atom. The second-order valence-corrected chi connectivity index (χ2v) is 4.62. The Kier molecular flexibility index (Phi) is 3.59. The van der Waals surface area contributed by atoms with Crippen molar-refractivity contribution in [3.8, 4) is 0 Å². The summed E-state index contributed by atoms with van der Waals surface area (Å²) in [5.41, 5.74) is 0.693. The average Bonchev–Trinajstić information content (AvgIpc) is 2.29. The Bertz CT molecular complexity index is 388. The molecule has 0 radical (unpaired) electrons. The molecule has 16 heavy (non-hydrogen) atoms. The third-order valence-electron chi connectivity index (χ3n) is 3.40. The number of hydrogen-bond acceptors (Lipinski definition) is 3. The molecule has 1 saturated carbocycles. The molecule has 2 rings (SSSR count). The van der Waals surface area contributed by atoms with E-state index >= 15 is 0 Å². The molecule has 0 aliphatic heterocycles. The zero-order valence-electron chi connectivity index (χ0n) is 9.70. The standard InChI is InChI=1S/C12H19N3O/c1-2-9-4-3-5-10(6-9)14-11-7-12(16)15-13-8-11/h7-10H,2-6H2,1H3,(H2,14,15,16). The van der Waals surface area contributed by atoms with Crippen LogP contribution in [0, 0.1) is 5.92 Å². The summed E-state index contributed by atoms with van der Waals surface area (Å²) in [6.45, 7) is 2.25. The summed E-state index contributed by atoms with van der Waals surface area (Å²) in [4.78, 5) is 11.1. The summed E-state index contributed by atoms with van der Waals surface area (Å²) >= 11 is 0. The molecular formula is C12H19N3O. The van der Waals surface area contributed by atoms with Gasteiger partial charge in [-0.25, -0.2) is 5.10 Å². The average molecular weight is 221 g/mol. The van der Waals surface area contributed by atoms with Gasteiger partial charge in [0.25, 0.3) is 5.56 Å². The van der Waals surface area contributed by atoms with E-state index in [0.29, 0.717) is 6.04 Å². The van der Waals surface area contributed by atoms with Gasteiger partial charge in [0.15, 0.2) is 0 Å². The fourth-order valence-electron chi connectivity index (χ4n) is 2.48. The molecule has 2 atom stereocenters. The fraction of sp³-hybridized carbons (Fsp3) is 0.667. The molecule has 0 spiro atoms. The molecule has 88 valence electrons. The topological polar surface area (TPSA) is 57.8 Å². The van der Waals surface area contributed by atoms with Gasteiger partial charge in [0, 0.05) is 12.1 Å². The highest BCUT2D eigenvalue weighted by atomic mass is 16.1. The maximum absolute atomic E-state index is 11.1. The molecule has 2 unspecified atom stereocenters. The first kappa shape index (κ1) is 11.2. The summed E-state index contributed by atoms with van der Waals surface area (Å²) in [7, 11) is 0. The summed E-state index contributed by atoms with van der Waals surface area (Å²) in [6.07, 6.45) is 7.98. The third-order valence-corrected chi connectivity index (χ3v) is 3.40. The lowest BCUT2D eigenvalue weighted by Gasteiger charge is -2.29. The van der Waals surface area contributed by atoms with Gasteiger partial charge in [-0.15, -0.1) is 0 Å². The molecule has 1 fully saturated rings. The molecule has 2 N–H and O–H groups in total. The molecule has 1 heterocycles. The zero-order chi connectivity index (χ0) is 11.4. The molecule has 1 aromatic heterocycles. The maximum Gasteiger partial charge on any atom is 0.266 e. The maximum atomic E-state index is 11.1. The van der Waals surface area contributed by atoms with Crippen LogP contribution >= 0.6 is 0 Å². The highest BCUT2D eigenvalue weighted by Crippen LogP contribution is 2.28. The second kappa shape index (κ2) is 5.14. The minimum Gasteiger partial charge on any atom is -0.381 e. The predicted molar refractivity (Wildman–Crippen MR) is 64.5 cm³/mol. The van der Waals surface area contributed by atoms with Crippen LogP contribution < -0.4 is 10.9 Å². The van der Waals surface area contributed by atoms with Gasteiger partial charge in [0.1, 0.15) is 0 Å². The minimum absolute atomic E-state index is 0.146. The number of anilines is 1. The van der Waals surface area contributed by atoms with Crippen LogP contribution in [-0.2, 0) is 0 Å². The third kappa shape index (κ3) is 2.84. The van der Waals surface area contributed by atoms with Crippen molar-refractivity contribution in [2.75, 3.05) is 5.32 Å². The lowest BCUT2D eigenvalue weighted by Crippen LogP contribution is -2.27. The van der Waals surface area contributed by atoms with E-state index in [-0.39, 0.29) is 5.56 Å². The van der Waals surface area contributed by atoms with Crippen LogP contribution in [0.15, 0.2) is 17.1 Å². The van der Waals surface area contributed by atoms with Crippen molar-refractivity contribution in [3.05, 3.63) is 22.6 Å². The van der Waals surface area contributed by atoms with E-state index in [2.05, 4.69) is 22.4 Å². The van der Waals surface area contributed by atoms with Crippen molar-refractivity contribution < 1.29 is 0 Å². The molecule has 0 aromatic carbocycles. The number of hydrogen-bond donors (Lipinski definition) is 2. The molecule has 1 aliphatic rings. The van der Waals surface area contributed by atoms with E-state index in [1.54, 1.807) is 12.3 Å². The Morgan fingerprint density at radius 2 is 2.44 bits per heavy atom. The quantitative estimate of drug-likeness (QED) is 0.822. The Hall–Kier alpha value is -1.32. The van der Waals surface area contributed by atoms with Crippen LogP contribution in [-0.4, -0.2) is 16.2 Å².